The topological polar surface area (TPSA) is 44.3 Å². The van der Waals surface area contributed by atoms with Gasteiger partial charge < -0.3 is 4.74 Å². The zero-order valence-corrected chi connectivity index (χ0v) is 26.5. The van der Waals surface area contributed by atoms with Crippen LogP contribution in [0.5, 0.6) is 5.75 Å². The maximum Gasteiger partial charge on any atom is 0.165 e. The van der Waals surface area contributed by atoms with Crippen molar-refractivity contribution in [3.05, 3.63) is 193 Å². The van der Waals surface area contributed by atoms with Crippen molar-refractivity contribution in [1.82, 2.24) is 19.2 Å². The first kappa shape index (κ1) is 30.0. The molecule has 0 N–H and O–H groups in total. The predicted molar refractivity (Wildman–Crippen MR) is 188 cm³/mol. The number of aromatic nitrogens is 4. The van der Waals surface area contributed by atoms with Gasteiger partial charge in [-0.2, -0.15) is 5.10 Å². The van der Waals surface area contributed by atoms with E-state index in [-0.39, 0.29) is 11.6 Å². The number of nitrogens with zero attached hydrogens (tertiary/aromatic N) is 4. The number of pyridine rings is 1. The Hall–Kier alpha value is -6.34. The summed E-state index contributed by atoms with van der Waals surface area (Å²) >= 11 is 0. The van der Waals surface area contributed by atoms with E-state index in [4.69, 9.17) is 9.84 Å². The van der Waals surface area contributed by atoms with Crippen LogP contribution in [0.2, 0.25) is 0 Å². The fraction of sp³-hybridized carbons (Fsp3) is 0.0476. The monoisotopic (exact) mass is 644 g/mol. The Morgan fingerprint density at radius 1 is 0.612 bits per heavy atom. The van der Waals surface area contributed by atoms with E-state index in [1.54, 1.807) is 24.4 Å². The minimum absolute atomic E-state index is 0.174. The number of rotatable bonds is 8. The fourth-order valence-electron chi connectivity index (χ4n) is 6.69. The summed E-state index contributed by atoms with van der Waals surface area (Å²) in [7, 11) is 1.44. The van der Waals surface area contributed by atoms with Crippen LogP contribution in [0.3, 0.4) is 0 Å². The molecule has 0 radical (unpaired) electrons. The van der Waals surface area contributed by atoms with E-state index in [1.807, 2.05) is 88.1 Å². The van der Waals surface area contributed by atoms with E-state index >= 15 is 0 Å². The van der Waals surface area contributed by atoms with E-state index in [0.29, 0.717) is 16.9 Å². The van der Waals surface area contributed by atoms with Crippen LogP contribution < -0.4 is 4.74 Å². The molecule has 49 heavy (non-hydrogen) atoms. The van der Waals surface area contributed by atoms with Crippen LogP contribution in [0.15, 0.2) is 164 Å². The third kappa shape index (κ3) is 5.16. The standard InChI is InChI=1S/C42H30F2N4O/c1-49-39-23-19-30(25-37(39)44)38-26-45-40-24-20-31(27-47(38)40)36-28-48(46-41(36)29-17-21-35(43)22-18-29)42(32-11-5-2-6-12-32,33-13-7-3-8-14-33)34-15-9-4-10-16-34/h2-28H,1H3. The molecule has 0 aliphatic rings. The van der Waals surface area contributed by atoms with Crippen LogP contribution in [-0.4, -0.2) is 26.3 Å². The normalized spacial score (nSPS) is 11.6. The second-order valence-electron chi connectivity index (χ2n) is 11.8. The van der Waals surface area contributed by atoms with Crippen LogP contribution in [0.4, 0.5) is 8.78 Å². The number of halogens is 2. The van der Waals surface area contributed by atoms with Gasteiger partial charge in [0.2, 0.25) is 0 Å². The lowest BCUT2D eigenvalue weighted by atomic mass is 9.77. The molecule has 5 aromatic carbocycles. The lowest BCUT2D eigenvalue weighted by molar-refractivity contribution is 0.386. The van der Waals surface area contributed by atoms with Gasteiger partial charge in [-0.25, -0.2) is 13.8 Å². The summed E-state index contributed by atoms with van der Waals surface area (Å²) in [6, 6.07) is 46.2. The van der Waals surface area contributed by atoms with Crippen LogP contribution in [0.25, 0.3) is 39.3 Å². The molecule has 3 heterocycles. The average Bonchev–Trinajstić information content (AvgIpc) is 3.79. The molecule has 0 atom stereocenters. The molecule has 0 saturated heterocycles. The fourth-order valence-corrected chi connectivity index (χ4v) is 6.69. The zero-order valence-electron chi connectivity index (χ0n) is 26.5. The molecule has 5 nitrogen and oxygen atoms in total. The molecule has 7 heteroatoms. The van der Waals surface area contributed by atoms with E-state index in [0.717, 1.165) is 39.1 Å². The smallest absolute Gasteiger partial charge is 0.165 e. The SMILES string of the molecule is COc1ccc(-c2cnc3ccc(-c4cn(C(c5ccccc5)(c5ccccc5)c5ccccc5)nc4-c4ccc(F)cc4)cn23)cc1F. The number of hydrogen-bond acceptors (Lipinski definition) is 3. The number of methoxy groups -OCH3 is 1. The van der Waals surface area contributed by atoms with E-state index in [1.165, 1.54) is 25.3 Å². The lowest BCUT2D eigenvalue weighted by Gasteiger charge is -2.36. The molecule has 0 amide bonds. The van der Waals surface area contributed by atoms with Gasteiger partial charge in [-0.3, -0.25) is 9.08 Å². The van der Waals surface area contributed by atoms with Gasteiger partial charge in [0.1, 0.15) is 22.7 Å². The summed E-state index contributed by atoms with van der Waals surface area (Å²) in [5.41, 5.74) is 7.46. The van der Waals surface area contributed by atoms with Gasteiger partial charge in [0, 0.05) is 34.6 Å². The molecular weight excluding hydrogens is 614 g/mol. The highest BCUT2D eigenvalue weighted by Gasteiger charge is 2.40. The van der Waals surface area contributed by atoms with Gasteiger partial charge in [-0.1, -0.05) is 91.0 Å². The molecule has 0 fully saturated rings. The van der Waals surface area contributed by atoms with Crippen molar-refractivity contribution in [1.29, 1.82) is 0 Å². The van der Waals surface area contributed by atoms with Crippen molar-refractivity contribution in [3.8, 4) is 39.4 Å². The largest absolute Gasteiger partial charge is 0.494 e. The number of hydrogen-bond donors (Lipinski definition) is 0. The second kappa shape index (κ2) is 12.4. The predicted octanol–water partition coefficient (Wildman–Crippen LogP) is 9.66. The highest BCUT2D eigenvalue weighted by atomic mass is 19.1. The number of imidazole rings is 1. The van der Waals surface area contributed by atoms with Crippen molar-refractivity contribution >= 4 is 5.65 Å². The minimum Gasteiger partial charge on any atom is -0.494 e. The quantitative estimate of drug-likeness (QED) is 0.155. The first-order chi connectivity index (χ1) is 24.1. The molecule has 0 bridgehead atoms. The van der Waals surface area contributed by atoms with Gasteiger partial charge in [0.15, 0.2) is 11.6 Å². The Morgan fingerprint density at radius 2 is 1.18 bits per heavy atom. The highest BCUT2D eigenvalue weighted by molar-refractivity contribution is 5.81. The molecule has 0 aliphatic heterocycles. The third-order valence-corrected chi connectivity index (χ3v) is 9.01. The Bertz CT molecular complexity index is 2290. The Morgan fingerprint density at radius 3 is 1.76 bits per heavy atom. The lowest BCUT2D eigenvalue weighted by Crippen LogP contribution is -2.38. The third-order valence-electron chi connectivity index (χ3n) is 9.01. The summed E-state index contributed by atoms with van der Waals surface area (Å²) < 4.78 is 38.1. The van der Waals surface area contributed by atoms with Crippen molar-refractivity contribution in [2.45, 2.75) is 5.54 Å². The number of ether oxygens (including phenoxy) is 1. The molecule has 0 spiro atoms. The van der Waals surface area contributed by atoms with Crippen LogP contribution in [0.1, 0.15) is 16.7 Å². The summed E-state index contributed by atoms with van der Waals surface area (Å²) in [5.74, 6) is -0.605. The van der Waals surface area contributed by atoms with Gasteiger partial charge in [0.05, 0.1) is 19.0 Å². The number of benzene rings is 5. The average molecular weight is 645 g/mol. The van der Waals surface area contributed by atoms with Crippen molar-refractivity contribution in [2.24, 2.45) is 0 Å². The maximum atomic E-state index is 14.8. The first-order valence-corrected chi connectivity index (χ1v) is 15.9. The molecular formula is C42H30F2N4O. The molecule has 0 aliphatic carbocycles. The van der Waals surface area contributed by atoms with E-state index in [9.17, 15) is 8.78 Å². The van der Waals surface area contributed by atoms with Crippen molar-refractivity contribution in [3.63, 3.8) is 0 Å². The van der Waals surface area contributed by atoms with Gasteiger partial charge >= 0.3 is 0 Å². The summed E-state index contributed by atoms with van der Waals surface area (Å²) in [6.45, 7) is 0. The summed E-state index contributed by atoms with van der Waals surface area (Å²) in [6.07, 6.45) is 5.79. The van der Waals surface area contributed by atoms with Gasteiger partial charge in [-0.15, -0.1) is 0 Å². The van der Waals surface area contributed by atoms with Gasteiger partial charge in [-0.05, 0) is 71.3 Å². The van der Waals surface area contributed by atoms with Crippen molar-refractivity contribution < 1.29 is 13.5 Å². The molecule has 8 rings (SSSR count). The summed E-state index contributed by atoms with van der Waals surface area (Å²) in [5, 5.41) is 5.37. The number of fused-ring (bicyclic) bond motifs is 1. The Kier molecular flexibility index (Phi) is 7.57. The molecule has 238 valence electrons. The Labute approximate surface area is 282 Å². The minimum atomic E-state index is -0.859. The Balaban J connectivity index is 1.40. The van der Waals surface area contributed by atoms with Crippen molar-refractivity contribution in [2.75, 3.05) is 7.11 Å². The second-order valence-corrected chi connectivity index (χ2v) is 11.8. The first-order valence-electron chi connectivity index (χ1n) is 15.9. The molecule has 0 saturated carbocycles. The van der Waals surface area contributed by atoms with E-state index in [2.05, 4.69) is 47.6 Å². The maximum absolute atomic E-state index is 14.8. The van der Waals surface area contributed by atoms with Crippen LogP contribution in [0, 0.1) is 11.6 Å². The zero-order chi connectivity index (χ0) is 33.4. The summed E-state index contributed by atoms with van der Waals surface area (Å²) in [4.78, 5) is 4.60. The van der Waals surface area contributed by atoms with Gasteiger partial charge in [0.25, 0.3) is 0 Å². The molecule has 8 aromatic rings. The molecule has 3 aromatic heterocycles. The van der Waals surface area contributed by atoms with Crippen LogP contribution in [-0.2, 0) is 5.54 Å². The van der Waals surface area contributed by atoms with Crippen LogP contribution >= 0.6 is 0 Å². The van der Waals surface area contributed by atoms with E-state index < -0.39 is 11.4 Å². The molecule has 0 unspecified atom stereocenters. The highest BCUT2D eigenvalue weighted by Crippen LogP contribution is 2.43.